The molecule has 0 amide bonds. The molecule has 2 aromatic heterocycles. The van der Waals surface area contributed by atoms with E-state index in [9.17, 15) is 18.0 Å². The van der Waals surface area contributed by atoms with Crippen molar-refractivity contribution in [3.63, 3.8) is 0 Å². The Hall–Kier alpha value is -3.69. The van der Waals surface area contributed by atoms with Gasteiger partial charge in [-0.3, -0.25) is 0 Å². The van der Waals surface area contributed by atoms with Crippen molar-refractivity contribution in [2.45, 2.75) is 38.8 Å². The second kappa shape index (κ2) is 8.92. The number of sulfonamides is 1. The van der Waals surface area contributed by atoms with Crippen molar-refractivity contribution in [2.24, 2.45) is 5.14 Å². The van der Waals surface area contributed by atoms with Crippen molar-refractivity contribution in [3.8, 4) is 0 Å². The Balaban J connectivity index is 1.54. The smallest absolute Gasteiger partial charge is 0.340 e. The molecule has 0 fully saturated rings. The fraction of sp³-hybridized carbons (Fsp3) is 0.200. The number of carbonyl (C=O) groups excluding carboxylic acids is 1. The Morgan fingerprint density at radius 1 is 1.03 bits per heavy atom. The number of esters is 1. The number of ether oxygens (including phenoxy) is 1. The van der Waals surface area contributed by atoms with Crippen molar-refractivity contribution >= 4 is 27.0 Å². The van der Waals surface area contributed by atoms with Crippen LogP contribution in [0.3, 0.4) is 0 Å². The fourth-order valence-corrected chi connectivity index (χ4v) is 4.41. The van der Waals surface area contributed by atoms with Gasteiger partial charge in [0, 0.05) is 34.9 Å². The zero-order valence-corrected chi connectivity index (χ0v) is 19.8. The topological polar surface area (TPSA) is 122 Å². The van der Waals surface area contributed by atoms with E-state index in [2.05, 4.69) is 0 Å². The Morgan fingerprint density at radius 3 is 2.41 bits per heavy atom. The Kier molecular flexibility index (Phi) is 6.16. The molecule has 4 aromatic rings. The van der Waals surface area contributed by atoms with E-state index in [0.717, 1.165) is 16.8 Å². The molecular formula is C25H24N2O6S. The highest BCUT2D eigenvalue weighted by molar-refractivity contribution is 7.89. The third-order valence-electron chi connectivity index (χ3n) is 5.73. The molecule has 9 heteroatoms. The van der Waals surface area contributed by atoms with E-state index >= 15 is 0 Å². The minimum absolute atomic E-state index is 0.0408. The molecule has 4 rings (SSSR count). The number of aromatic nitrogens is 1. The molecule has 0 aliphatic rings. The highest BCUT2D eigenvalue weighted by Crippen LogP contribution is 2.22. The van der Waals surface area contributed by atoms with E-state index in [4.69, 9.17) is 14.3 Å². The molecule has 0 atom stereocenters. The minimum Gasteiger partial charge on any atom is -0.457 e. The first-order valence-electron chi connectivity index (χ1n) is 10.5. The van der Waals surface area contributed by atoms with Crippen LogP contribution in [0.1, 0.15) is 38.4 Å². The van der Waals surface area contributed by atoms with E-state index in [1.807, 2.05) is 37.5 Å². The minimum atomic E-state index is -3.76. The van der Waals surface area contributed by atoms with E-state index in [-0.39, 0.29) is 11.5 Å². The fourth-order valence-electron chi connectivity index (χ4n) is 3.90. The lowest BCUT2D eigenvalue weighted by Crippen LogP contribution is -2.12. The van der Waals surface area contributed by atoms with Crippen LogP contribution in [0.5, 0.6) is 0 Å². The summed E-state index contributed by atoms with van der Waals surface area (Å²) < 4.78 is 35.7. The summed E-state index contributed by atoms with van der Waals surface area (Å²) >= 11 is 0. The number of hydrogen-bond acceptors (Lipinski definition) is 6. The number of carbonyl (C=O) groups is 1. The summed E-state index contributed by atoms with van der Waals surface area (Å²) in [5.41, 5.74) is 4.31. The summed E-state index contributed by atoms with van der Waals surface area (Å²) in [4.78, 5) is 24.8. The van der Waals surface area contributed by atoms with Gasteiger partial charge in [0.05, 0.1) is 10.5 Å². The number of nitrogens with zero attached hydrogens (tertiary/aromatic N) is 1. The molecule has 2 N–H and O–H groups in total. The summed E-state index contributed by atoms with van der Waals surface area (Å²) in [6, 6.07) is 14.9. The SMILES string of the molecule is Cc1ccc2c(COC(=O)c3cc(C)n(Cc4ccc(S(N)(=O)=O)cc4)c3C)cc(=O)oc2c1. The normalized spacial score (nSPS) is 11.6. The highest BCUT2D eigenvalue weighted by Gasteiger charge is 2.18. The monoisotopic (exact) mass is 480 g/mol. The second-order valence-electron chi connectivity index (χ2n) is 8.23. The summed E-state index contributed by atoms with van der Waals surface area (Å²) in [5.74, 6) is -0.502. The molecule has 0 radical (unpaired) electrons. The molecule has 2 aromatic carbocycles. The zero-order valence-electron chi connectivity index (χ0n) is 19.0. The lowest BCUT2D eigenvalue weighted by molar-refractivity contribution is 0.0473. The largest absolute Gasteiger partial charge is 0.457 e. The van der Waals surface area contributed by atoms with Gasteiger partial charge in [0.2, 0.25) is 10.0 Å². The Bertz CT molecular complexity index is 1560. The quantitative estimate of drug-likeness (QED) is 0.333. The third kappa shape index (κ3) is 4.80. The van der Waals surface area contributed by atoms with Gasteiger partial charge < -0.3 is 13.7 Å². The van der Waals surface area contributed by atoms with Gasteiger partial charge in [0.1, 0.15) is 12.2 Å². The zero-order chi connectivity index (χ0) is 24.6. The van der Waals surface area contributed by atoms with E-state index in [0.29, 0.717) is 34.3 Å². The van der Waals surface area contributed by atoms with E-state index in [1.165, 1.54) is 18.2 Å². The van der Waals surface area contributed by atoms with Gasteiger partial charge in [-0.25, -0.2) is 23.1 Å². The van der Waals surface area contributed by atoms with E-state index < -0.39 is 21.6 Å². The predicted octanol–water partition coefficient (Wildman–Crippen LogP) is 3.57. The average molecular weight is 481 g/mol. The number of aryl methyl sites for hydroxylation is 2. The number of primary sulfonamides is 1. The predicted molar refractivity (Wildman–Crippen MR) is 127 cm³/mol. The maximum atomic E-state index is 12.9. The van der Waals surface area contributed by atoms with E-state index in [1.54, 1.807) is 24.3 Å². The van der Waals surface area contributed by atoms with Crippen molar-refractivity contribution in [2.75, 3.05) is 0 Å². The van der Waals surface area contributed by atoms with Gasteiger partial charge in [0.25, 0.3) is 0 Å². The Morgan fingerprint density at radius 2 is 1.74 bits per heavy atom. The van der Waals surface area contributed by atoms with Gasteiger partial charge in [-0.05, 0) is 56.2 Å². The first-order valence-corrected chi connectivity index (χ1v) is 12.1. The van der Waals surface area contributed by atoms with Crippen LogP contribution in [0.2, 0.25) is 0 Å². The van der Waals surface area contributed by atoms with Crippen molar-refractivity contribution < 1.29 is 22.4 Å². The van der Waals surface area contributed by atoms with Crippen LogP contribution in [0.25, 0.3) is 11.0 Å². The molecular weight excluding hydrogens is 456 g/mol. The number of fused-ring (bicyclic) bond motifs is 1. The molecule has 0 unspecified atom stereocenters. The number of nitrogens with two attached hydrogens (primary N) is 1. The summed E-state index contributed by atoms with van der Waals surface area (Å²) in [7, 11) is -3.76. The summed E-state index contributed by atoms with van der Waals surface area (Å²) in [6.07, 6.45) is 0. The number of hydrogen-bond donors (Lipinski definition) is 1. The van der Waals surface area contributed by atoms with Gasteiger partial charge in [0.15, 0.2) is 0 Å². The lowest BCUT2D eigenvalue weighted by Gasteiger charge is -2.11. The van der Waals surface area contributed by atoms with Gasteiger partial charge in [-0.2, -0.15) is 0 Å². The Labute approximate surface area is 196 Å². The summed E-state index contributed by atoms with van der Waals surface area (Å²) in [6.45, 7) is 5.97. The molecule has 34 heavy (non-hydrogen) atoms. The van der Waals surface area contributed by atoms with Crippen LogP contribution in [0.4, 0.5) is 0 Å². The lowest BCUT2D eigenvalue weighted by atomic mass is 10.1. The maximum Gasteiger partial charge on any atom is 0.340 e. The molecule has 176 valence electrons. The van der Waals surface area contributed by atoms with Gasteiger partial charge >= 0.3 is 11.6 Å². The van der Waals surface area contributed by atoms with Crippen LogP contribution >= 0.6 is 0 Å². The second-order valence-corrected chi connectivity index (χ2v) is 9.79. The maximum absolute atomic E-state index is 12.9. The molecule has 0 aliphatic carbocycles. The molecule has 0 saturated heterocycles. The number of rotatable bonds is 6. The van der Waals surface area contributed by atoms with Crippen molar-refractivity contribution in [3.05, 3.63) is 98.7 Å². The van der Waals surface area contributed by atoms with Crippen molar-refractivity contribution in [1.29, 1.82) is 0 Å². The first-order chi connectivity index (χ1) is 16.0. The van der Waals surface area contributed by atoms with Crippen LogP contribution in [-0.4, -0.2) is 19.0 Å². The first kappa shape index (κ1) is 23.5. The molecule has 0 aliphatic heterocycles. The molecule has 2 heterocycles. The summed E-state index contributed by atoms with van der Waals surface area (Å²) in [5, 5.41) is 5.87. The van der Waals surface area contributed by atoms with Gasteiger partial charge in [-0.15, -0.1) is 0 Å². The molecule has 0 bridgehead atoms. The third-order valence-corrected chi connectivity index (χ3v) is 6.66. The number of benzene rings is 2. The molecule has 0 saturated carbocycles. The molecule has 8 nitrogen and oxygen atoms in total. The molecule has 0 spiro atoms. The van der Waals surface area contributed by atoms with Crippen molar-refractivity contribution in [1.82, 2.24) is 4.57 Å². The van der Waals surface area contributed by atoms with Crippen LogP contribution in [-0.2, 0) is 27.9 Å². The van der Waals surface area contributed by atoms with Crippen LogP contribution in [0, 0.1) is 20.8 Å². The average Bonchev–Trinajstić information content (AvgIpc) is 3.05. The highest BCUT2D eigenvalue weighted by atomic mass is 32.2. The van der Waals surface area contributed by atoms with Gasteiger partial charge in [-0.1, -0.05) is 24.3 Å². The van der Waals surface area contributed by atoms with Crippen LogP contribution < -0.4 is 10.8 Å². The van der Waals surface area contributed by atoms with Crippen LogP contribution in [0.15, 0.2) is 68.7 Å². The standard InChI is InChI=1S/C25H24N2O6S/c1-15-4-9-21-19(12-24(28)33-23(21)10-15)14-32-25(29)22-11-16(2)27(17(22)3)13-18-5-7-20(8-6-18)34(26,30)31/h4-12H,13-14H2,1-3H3,(H2,26,30,31).